The lowest BCUT2D eigenvalue weighted by molar-refractivity contribution is 0.322. The lowest BCUT2D eigenvalue weighted by Crippen LogP contribution is -2.12. The molecule has 3 nitrogen and oxygen atoms in total. The van der Waals surface area contributed by atoms with E-state index in [2.05, 4.69) is 48.2 Å². The van der Waals surface area contributed by atoms with E-state index < -0.39 is 0 Å². The standard InChI is InChI=1S/C16H20N2O/c1-11-5-6-13(9-11)14-7-8-16(18(3)4)12(2)15(14)10-17-19/h5,7-10,19H,6H2,1-4H3/b17-10+. The van der Waals surface area contributed by atoms with Crippen molar-refractivity contribution in [3.8, 4) is 0 Å². The van der Waals surface area contributed by atoms with Gasteiger partial charge in [-0.15, -0.1) is 0 Å². The van der Waals surface area contributed by atoms with Crippen molar-refractivity contribution in [1.82, 2.24) is 0 Å². The summed E-state index contributed by atoms with van der Waals surface area (Å²) in [7, 11) is 4.03. The summed E-state index contributed by atoms with van der Waals surface area (Å²) in [5.41, 5.74) is 6.97. The van der Waals surface area contributed by atoms with Crippen LogP contribution in [0.15, 0.2) is 35.0 Å². The van der Waals surface area contributed by atoms with Gasteiger partial charge in [0.05, 0.1) is 6.21 Å². The SMILES string of the molecule is CC1=CCC(c2ccc(N(C)C)c(C)c2/C=N/O)=C1. The largest absolute Gasteiger partial charge is 0.411 e. The van der Waals surface area contributed by atoms with Crippen molar-refractivity contribution in [3.63, 3.8) is 0 Å². The molecule has 0 saturated heterocycles. The van der Waals surface area contributed by atoms with Crippen molar-refractivity contribution in [1.29, 1.82) is 0 Å². The molecule has 0 unspecified atom stereocenters. The summed E-state index contributed by atoms with van der Waals surface area (Å²) >= 11 is 0. The molecule has 1 aromatic rings. The van der Waals surface area contributed by atoms with Gasteiger partial charge in [0.15, 0.2) is 0 Å². The van der Waals surface area contributed by atoms with Crippen LogP contribution in [0.4, 0.5) is 5.69 Å². The zero-order valence-corrected chi connectivity index (χ0v) is 11.9. The van der Waals surface area contributed by atoms with Crippen molar-refractivity contribution in [2.24, 2.45) is 5.16 Å². The minimum absolute atomic E-state index is 0.943. The van der Waals surface area contributed by atoms with Crippen LogP contribution in [0.25, 0.3) is 5.57 Å². The summed E-state index contributed by atoms with van der Waals surface area (Å²) in [6, 6.07) is 4.23. The highest BCUT2D eigenvalue weighted by atomic mass is 16.4. The van der Waals surface area contributed by atoms with Crippen LogP contribution in [-0.4, -0.2) is 25.5 Å². The van der Waals surface area contributed by atoms with Gasteiger partial charge in [-0.1, -0.05) is 28.9 Å². The predicted octanol–water partition coefficient (Wildman–Crippen LogP) is 3.60. The first-order chi connectivity index (χ1) is 9.04. The van der Waals surface area contributed by atoms with Crippen LogP contribution in [0.3, 0.4) is 0 Å². The van der Waals surface area contributed by atoms with Crippen LogP contribution in [0.1, 0.15) is 30.0 Å². The number of allylic oxidation sites excluding steroid dienone is 4. The molecular formula is C16H20N2O. The number of hydrogen-bond donors (Lipinski definition) is 1. The molecule has 3 heteroatoms. The Morgan fingerprint density at radius 1 is 1.26 bits per heavy atom. The fourth-order valence-electron chi connectivity index (χ4n) is 2.56. The van der Waals surface area contributed by atoms with E-state index in [9.17, 15) is 0 Å². The van der Waals surface area contributed by atoms with Gasteiger partial charge in [0, 0.05) is 25.3 Å². The molecule has 0 aromatic heterocycles. The van der Waals surface area contributed by atoms with Gasteiger partial charge in [-0.05, 0) is 43.0 Å². The molecule has 1 aliphatic carbocycles. The second kappa shape index (κ2) is 5.31. The Hall–Kier alpha value is -2.03. The molecule has 0 saturated carbocycles. The zero-order chi connectivity index (χ0) is 14.0. The Morgan fingerprint density at radius 2 is 2.00 bits per heavy atom. The van der Waals surface area contributed by atoms with E-state index in [0.717, 1.165) is 28.8 Å². The van der Waals surface area contributed by atoms with Crippen LogP contribution >= 0.6 is 0 Å². The van der Waals surface area contributed by atoms with E-state index in [1.54, 1.807) is 0 Å². The van der Waals surface area contributed by atoms with E-state index in [1.165, 1.54) is 17.4 Å². The van der Waals surface area contributed by atoms with E-state index in [1.807, 2.05) is 14.1 Å². The predicted molar refractivity (Wildman–Crippen MR) is 81.2 cm³/mol. The molecule has 0 bridgehead atoms. The van der Waals surface area contributed by atoms with Gasteiger partial charge in [0.25, 0.3) is 0 Å². The molecule has 0 aliphatic heterocycles. The Morgan fingerprint density at radius 3 is 2.53 bits per heavy atom. The Balaban J connectivity index is 2.56. The first kappa shape index (κ1) is 13.4. The molecule has 1 aromatic carbocycles. The smallest absolute Gasteiger partial charge is 0.0743 e. The van der Waals surface area contributed by atoms with Crippen LogP contribution in [0.5, 0.6) is 0 Å². The minimum atomic E-state index is 0.943. The third kappa shape index (κ3) is 2.55. The third-order valence-corrected chi connectivity index (χ3v) is 3.55. The van der Waals surface area contributed by atoms with E-state index in [4.69, 9.17) is 5.21 Å². The van der Waals surface area contributed by atoms with Crippen molar-refractivity contribution in [3.05, 3.63) is 46.5 Å². The topological polar surface area (TPSA) is 35.8 Å². The average Bonchev–Trinajstić information content (AvgIpc) is 2.78. The second-order valence-electron chi connectivity index (χ2n) is 5.13. The maximum Gasteiger partial charge on any atom is 0.0743 e. The summed E-state index contributed by atoms with van der Waals surface area (Å²) in [5.74, 6) is 0. The van der Waals surface area contributed by atoms with Crippen LogP contribution in [0, 0.1) is 6.92 Å². The molecule has 1 N–H and O–H groups in total. The number of rotatable bonds is 3. The number of hydrogen-bond acceptors (Lipinski definition) is 3. The highest BCUT2D eigenvalue weighted by Crippen LogP contribution is 2.33. The highest BCUT2D eigenvalue weighted by molar-refractivity contribution is 5.93. The molecule has 100 valence electrons. The van der Waals surface area contributed by atoms with Crippen molar-refractivity contribution in [2.75, 3.05) is 19.0 Å². The average molecular weight is 256 g/mol. The summed E-state index contributed by atoms with van der Waals surface area (Å²) in [6.07, 6.45) is 6.88. The van der Waals surface area contributed by atoms with Crippen molar-refractivity contribution < 1.29 is 5.21 Å². The zero-order valence-electron chi connectivity index (χ0n) is 11.9. The Bertz CT molecular complexity index is 581. The summed E-state index contributed by atoms with van der Waals surface area (Å²) in [4.78, 5) is 2.07. The molecular weight excluding hydrogens is 236 g/mol. The molecule has 1 aliphatic rings. The van der Waals surface area contributed by atoms with Crippen LogP contribution < -0.4 is 4.90 Å². The van der Waals surface area contributed by atoms with E-state index in [-0.39, 0.29) is 0 Å². The molecule has 0 amide bonds. The third-order valence-electron chi connectivity index (χ3n) is 3.55. The van der Waals surface area contributed by atoms with Gasteiger partial charge in [-0.2, -0.15) is 0 Å². The van der Waals surface area contributed by atoms with Gasteiger partial charge in [-0.25, -0.2) is 0 Å². The maximum absolute atomic E-state index is 8.92. The van der Waals surface area contributed by atoms with Gasteiger partial charge < -0.3 is 10.1 Å². The van der Waals surface area contributed by atoms with E-state index in [0.29, 0.717) is 0 Å². The minimum Gasteiger partial charge on any atom is -0.411 e. The fraction of sp³-hybridized carbons (Fsp3) is 0.312. The van der Waals surface area contributed by atoms with E-state index >= 15 is 0 Å². The lowest BCUT2D eigenvalue weighted by atomic mass is 9.94. The molecule has 0 atom stereocenters. The number of anilines is 1. The summed E-state index contributed by atoms with van der Waals surface area (Å²) in [5, 5.41) is 12.1. The summed E-state index contributed by atoms with van der Waals surface area (Å²) < 4.78 is 0. The number of benzene rings is 1. The summed E-state index contributed by atoms with van der Waals surface area (Å²) in [6.45, 7) is 4.17. The lowest BCUT2D eigenvalue weighted by Gasteiger charge is -2.19. The molecule has 0 heterocycles. The quantitative estimate of drug-likeness (QED) is 0.509. The van der Waals surface area contributed by atoms with Crippen LogP contribution in [-0.2, 0) is 0 Å². The number of nitrogens with zero attached hydrogens (tertiary/aromatic N) is 2. The molecule has 0 radical (unpaired) electrons. The first-order valence-corrected chi connectivity index (χ1v) is 6.40. The Labute approximate surface area is 114 Å². The van der Waals surface area contributed by atoms with Crippen molar-refractivity contribution >= 4 is 17.5 Å². The fourth-order valence-corrected chi connectivity index (χ4v) is 2.56. The van der Waals surface area contributed by atoms with Crippen molar-refractivity contribution in [2.45, 2.75) is 20.3 Å². The molecule has 0 spiro atoms. The van der Waals surface area contributed by atoms with Gasteiger partial charge in [-0.3, -0.25) is 0 Å². The normalized spacial score (nSPS) is 14.7. The molecule has 0 fully saturated rings. The Kier molecular flexibility index (Phi) is 3.74. The molecule has 19 heavy (non-hydrogen) atoms. The highest BCUT2D eigenvalue weighted by Gasteiger charge is 2.14. The second-order valence-corrected chi connectivity index (χ2v) is 5.13. The van der Waals surface area contributed by atoms with Gasteiger partial charge in [0.2, 0.25) is 0 Å². The first-order valence-electron chi connectivity index (χ1n) is 6.40. The molecule has 2 rings (SSSR count). The monoisotopic (exact) mass is 256 g/mol. The van der Waals surface area contributed by atoms with Gasteiger partial charge >= 0.3 is 0 Å². The number of oxime groups is 1. The maximum atomic E-state index is 8.92. The van der Waals surface area contributed by atoms with Gasteiger partial charge in [0.1, 0.15) is 0 Å². The van der Waals surface area contributed by atoms with Crippen LogP contribution in [0.2, 0.25) is 0 Å².